The summed E-state index contributed by atoms with van der Waals surface area (Å²) < 4.78 is 26.9. The first kappa shape index (κ1) is 17.7. The lowest BCUT2D eigenvalue weighted by molar-refractivity contribution is -0.137. The quantitative estimate of drug-likeness (QED) is 0.709. The van der Waals surface area contributed by atoms with E-state index in [9.17, 15) is 13.2 Å². The maximum Gasteiger partial charge on any atom is 0.303 e. The zero-order valence-corrected chi connectivity index (χ0v) is 14.0. The van der Waals surface area contributed by atoms with E-state index in [0.717, 1.165) is 18.8 Å². The number of carboxylic acid groups (broad SMARTS) is 1. The van der Waals surface area contributed by atoms with Gasteiger partial charge in [0.2, 0.25) is 10.0 Å². The average molecular weight is 340 g/mol. The SMILES string of the molecule is O=C(O)CCCCNS(=O)(=O)c1ccc(N2CCCCC2)cc1. The van der Waals surface area contributed by atoms with Gasteiger partial charge in [-0.25, -0.2) is 13.1 Å². The Morgan fingerprint density at radius 1 is 1.09 bits per heavy atom. The van der Waals surface area contributed by atoms with Gasteiger partial charge in [0.25, 0.3) is 0 Å². The molecule has 0 spiro atoms. The summed E-state index contributed by atoms with van der Waals surface area (Å²) in [7, 11) is -3.52. The van der Waals surface area contributed by atoms with Crippen molar-refractivity contribution in [2.45, 2.75) is 43.4 Å². The zero-order valence-electron chi connectivity index (χ0n) is 13.2. The van der Waals surface area contributed by atoms with Gasteiger partial charge in [-0.15, -0.1) is 0 Å². The van der Waals surface area contributed by atoms with Gasteiger partial charge >= 0.3 is 5.97 Å². The molecule has 1 fully saturated rings. The van der Waals surface area contributed by atoms with Gasteiger partial charge in [0.05, 0.1) is 4.90 Å². The standard InChI is InChI=1S/C16H24N2O4S/c19-16(20)6-2-3-11-17-23(21,22)15-9-7-14(8-10-15)18-12-4-1-5-13-18/h7-10,17H,1-6,11-13H2,(H,19,20). The minimum atomic E-state index is -3.52. The fraction of sp³-hybridized carbons (Fsp3) is 0.562. The summed E-state index contributed by atoms with van der Waals surface area (Å²) in [4.78, 5) is 12.9. The first-order valence-electron chi connectivity index (χ1n) is 8.05. The van der Waals surface area contributed by atoms with Crippen LogP contribution >= 0.6 is 0 Å². The van der Waals surface area contributed by atoms with Crippen molar-refractivity contribution in [2.75, 3.05) is 24.5 Å². The number of hydrogen-bond acceptors (Lipinski definition) is 4. The van der Waals surface area contributed by atoms with Gasteiger partial charge in [-0.05, 0) is 56.4 Å². The smallest absolute Gasteiger partial charge is 0.303 e. The van der Waals surface area contributed by atoms with Crippen molar-refractivity contribution in [3.05, 3.63) is 24.3 Å². The van der Waals surface area contributed by atoms with E-state index >= 15 is 0 Å². The van der Waals surface area contributed by atoms with Gasteiger partial charge in [0.1, 0.15) is 0 Å². The van der Waals surface area contributed by atoms with Crippen LogP contribution in [0.1, 0.15) is 38.5 Å². The van der Waals surface area contributed by atoms with Crippen molar-refractivity contribution in [3.63, 3.8) is 0 Å². The Hall–Kier alpha value is -1.60. The summed E-state index contributed by atoms with van der Waals surface area (Å²) in [6.45, 7) is 2.30. The summed E-state index contributed by atoms with van der Waals surface area (Å²) in [5, 5.41) is 8.54. The Morgan fingerprint density at radius 2 is 1.74 bits per heavy atom. The third-order valence-corrected chi connectivity index (χ3v) is 5.45. The maximum atomic E-state index is 12.2. The molecule has 0 atom stereocenters. The average Bonchev–Trinajstić information content (AvgIpc) is 2.55. The Morgan fingerprint density at radius 3 is 2.35 bits per heavy atom. The Bertz CT molecular complexity index is 607. The minimum Gasteiger partial charge on any atom is -0.481 e. The molecule has 0 aliphatic carbocycles. The highest BCUT2D eigenvalue weighted by molar-refractivity contribution is 7.89. The number of carboxylic acids is 1. The lowest BCUT2D eigenvalue weighted by Gasteiger charge is -2.28. The highest BCUT2D eigenvalue weighted by Gasteiger charge is 2.15. The van der Waals surface area contributed by atoms with Crippen molar-refractivity contribution in [2.24, 2.45) is 0 Å². The predicted molar refractivity (Wildman–Crippen MR) is 89.2 cm³/mol. The van der Waals surface area contributed by atoms with Crippen LogP contribution in [0.5, 0.6) is 0 Å². The molecule has 1 aromatic carbocycles. The van der Waals surface area contributed by atoms with Crippen LogP contribution in [-0.2, 0) is 14.8 Å². The van der Waals surface area contributed by atoms with E-state index in [2.05, 4.69) is 9.62 Å². The number of anilines is 1. The van der Waals surface area contributed by atoms with Gasteiger partial charge in [0, 0.05) is 31.7 Å². The maximum absolute atomic E-state index is 12.2. The van der Waals surface area contributed by atoms with Crippen LogP contribution in [-0.4, -0.2) is 39.1 Å². The van der Waals surface area contributed by atoms with E-state index in [-0.39, 0.29) is 17.9 Å². The molecule has 2 N–H and O–H groups in total. The highest BCUT2D eigenvalue weighted by atomic mass is 32.2. The van der Waals surface area contributed by atoms with Crippen molar-refractivity contribution in [1.82, 2.24) is 4.72 Å². The number of sulfonamides is 1. The summed E-state index contributed by atoms with van der Waals surface area (Å²) in [6.07, 6.45) is 4.65. The molecule has 1 aromatic rings. The second kappa shape index (κ2) is 8.31. The molecular formula is C16H24N2O4S. The van der Waals surface area contributed by atoms with E-state index in [4.69, 9.17) is 5.11 Å². The number of piperidine rings is 1. The molecule has 0 bridgehead atoms. The number of benzene rings is 1. The van der Waals surface area contributed by atoms with Gasteiger partial charge in [0.15, 0.2) is 0 Å². The molecule has 1 aliphatic rings. The van der Waals surface area contributed by atoms with Crippen molar-refractivity contribution in [3.8, 4) is 0 Å². The van der Waals surface area contributed by atoms with Gasteiger partial charge in [-0.2, -0.15) is 0 Å². The largest absolute Gasteiger partial charge is 0.481 e. The normalized spacial score (nSPS) is 15.6. The number of aliphatic carboxylic acids is 1. The van der Waals surface area contributed by atoms with Gasteiger partial charge in [-0.1, -0.05) is 0 Å². The van der Waals surface area contributed by atoms with Crippen molar-refractivity contribution in [1.29, 1.82) is 0 Å². The monoisotopic (exact) mass is 340 g/mol. The third kappa shape index (κ3) is 5.51. The van der Waals surface area contributed by atoms with Gasteiger partial charge in [-0.3, -0.25) is 4.79 Å². The third-order valence-electron chi connectivity index (χ3n) is 3.98. The van der Waals surface area contributed by atoms with E-state index in [0.29, 0.717) is 12.8 Å². The van der Waals surface area contributed by atoms with Crippen molar-refractivity contribution >= 4 is 21.7 Å². The number of carbonyl (C=O) groups is 1. The van der Waals surface area contributed by atoms with Crippen LogP contribution in [0.4, 0.5) is 5.69 Å². The summed E-state index contributed by atoms with van der Waals surface area (Å²) in [5.41, 5.74) is 1.06. The molecule has 0 amide bonds. The van der Waals surface area contributed by atoms with Crippen LogP contribution in [0.3, 0.4) is 0 Å². The molecule has 0 unspecified atom stereocenters. The molecule has 6 nitrogen and oxygen atoms in total. The van der Waals surface area contributed by atoms with Crippen LogP contribution in [0.25, 0.3) is 0 Å². The molecule has 128 valence electrons. The van der Waals surface area contributed by atoms with Crippen LogP contribution in [0, 0.1) is 0 Å². The molecule has 1 aliphatic heterocycles. The van der Waals surface area contributed by atoms with Gasteiger partial charge < -0.3 is 10.0 Å². The number of rotatable bonds is 8. The molecule has 0 saturated carbocycles. The van der Waals surface area contributed by atoms with Crippen LogP contribution in [0.15, 0.2) is 29.2 Å². The fourth-order valence-corrected chi connectivity index (χ4v) is 3.75. The first-order chi connectivity index (χ1) is 11.0. The zero-order chi connectivity index (χ0) is 16.7. The summed E-state index contributed by atoms with van der Waals surface area (Å²) >= 11 is 0. The molecular weight excluding hydrogens is 316 g/mol. The van der Waals surface area contributed by atoms with Crippen LogP contribution < -0.4 is 9.62 Å². The number of nitrogens with one attached hydrogen (secondary N) is 1. The fourth-order valence-electron chi connectivity index (χ4n) is 2.68. The predicted octanol–water partition coefficient (Wildman–Crippen LogP) is 2.21. The number of unbranched alkanes of at least 4 members (excludes halogenated alkanes) is 1. The second-order valence-electron chi connectivity index (χ2n) is 5.79. The minimum absolute atomic E-state index is 0.0618. The van der Waals surface area contributed by atoms with E-state index < -0.39 is 16.0 Å². The second-order valence-corrected chi connectivity index (χ2v) is 7.56. The lowest BCUT2D eigenvalue weighted by atomic mass is 10.1. The molecule has 1 saturated heterocycles. The molecule has 23 heavy (non-hydrogen) atoms. The summed E-state index contributed by atoms with van der Waals surface area (Å²) in [6, 6.07) is 6.96. The molecule has 0 radical (unpaired) electrons. The first-order valence-corrected chi connectivity index (χ1v) is 9.54. The molecule has 2 rings (SSSR count). The Labute approximate surface area is 137 Å². The Kier molecular flexibility index (Phi) is 6.41. The van der Waals surface area contributed by atoms with Crippen LogP contribution in [0.2, 0.25) is 0 Å². The Balaban J connectivity index is 1.88. The van der Waals surface area contributed by atoms with E-state index in [1.807, 2.05) is 12.1 Å². The van der Waals surface area contributed by atoms with Crippen molar-refractivity contribution < 1.29 is 18.3 Å². The molecule has 7 heteroatoms. The number of nitrogens with zero attached hydrogens (tertiary/aromatic N) is 1. The number of hydrogen-bond donors (Lipinski definition) is 2. The summed E-state index contributed by atoms with van der Waals surface area (Å²) in [5.74, 6) is -0.860. The van der Waals surface area contributed by atoms with E-state index in [1.54, 1.807) is 12.1 Å². The topological polar surface area (TPSA) is 86.7 Å². The van der Waals surface area contributed by atoms with E-state index in [1.165, 1.54) is 19.3 Å². The molecule has 1 heterocycles. The highest BCUT2D eigenvalue weighted by Crippen LogP contribution is 2.21. The molecule has 0 aromatic heterocycles. The lowest BCUT2D eigenvalue weighted by Crippen LogP contribution is -2.29.